The number of carboxylic acids is 1. The fourth-order valence-electron chi connectivity index (χ4n) is 1.72. The maximum Gasteiger partial charge on any atom is 0.335 e. The number of hydrogen-bond acceptors (Lipinski definition) is 6. The second-order valence-corrected chi connectivity index (χ2v) is 4.38. The largest absolute Gasteiger partial charge is 0.495 e. The van der Waals surface area contributed by atoms with Crippen molar-refractivity contribution in [1.29, 1.82) is 0 Å². The number of methoxy groups -OCH3 is 3. The van der Waals surface area contributed by atoms with Crippen LogP contribution in [-0.2, 0) is 0 Å². The van der Waals surface area contributed by atoms with E-state index in [0.29, 0.717) is 28.6 Å². The zero-order chi connectivity index (χ0) is 17.4. The Morgan fingerprint density at radius 3 is 1.91 bits per heavy atom. The van der Waals surface area contributed by atoms with E-state index in [1.807, 2.05) is 0 Å². The van der Waals surface area contributed by atoms with Crippen LogP contribution in [0.15, 0.2) is 36.4 Å². The Kier molecular flexibility index (Phi) is 6.54. The molecule has 0 aliphatic carbocycles. The number of ether oxygens (including phenoxy) is 3. The second kappa shape index (κ2) is 8.38. The van der Waals surface area contributed by atoms with E-state index >= 15 is 0 Å². The van der Waals surface area contributed by atoms with Gasteiger partial charge in [0.2, 0.25) is 0 Å². The van der Waals surface area contributed by atoms with Gasteiger partial charge >= 0.3 is 5.97 Å². The monoisotopic (exact) mass is 320 g/mol. The molecular formula is C16H20N2O5. The molecule has 0 saturated carbocycles. The maximum atomic E-state index is 10.5. The van der Waals surface area contributed by atoms with Gasteiger partial charge in [-0.1, -0.05) is 0 Å². The van der Waals surface area contributed by atoms with E-state index in [1.165, 1.54) is 25.3 Å². The minimum Gasteiger partial charge on any atom is -0.495 e. The Balaban J connectivity index is 0.000000231. The highest BCUT2D eigenvalue weighted by Crippen LogP contribution is 2.28. The van der Waals surface area contributed by atoms with Gasteiger partial charge in [-0.2, -0.15) is 0 Å². The Hall–Kier alpha value is -3.09. The van der Waals surface area contributed by atoms with Gasteiger partial charge in [0.1, 0.15) is 5.75 Å². The van der Waals surface area contributed by atoms with Crippen molar-refractivity contribution in [3.63, 3.8) is 0 Å². The van der Waals surface area contributed by atoms with Crippen LogP contribution in [0.4, 0.5) is 11.4 Å². The molecule has 0 aliphatic rings. The van der Waals surface area contributed by atoms with E-state index in [9.17, 15) is 4.79 Å². The summed E-state index contributed by atoms with van der Waals surface area (Å²) in [4.78, 5) is 10.5. The molecule has 0 bridgehead atoms. The molecule has 2 aromatic rings. The van der Waals surface area contributed by atoms with Gasteiger partial charge in [-0.15, -0.1) is 0 Å². The first-order valence-corrected chi connectivity index (χ1v) is 6.57. The lowest BCUT2D eigenvalue weighted by atomic mass is 10.2. The summed E-state index contributed by atoms with van der Waals surface area (Å²) in [6, 6.07) is 9.59. The van der Waals surface area contributed by atoms with Crippen LogP contribution >= 0.6 is 0 Å². The average Bonchev–Trinajstić information content (AvgIpc) is 2.55. The zero-order valence-electron chi connectivity index (χ0n) is 13.2. The third kappa shape index (κ3) is 4.99. The Bertz CT molecular complexity index is 674. The lowest BCUT2D eigenvalue weighted by Crippen LogP contribution is -1.99. The summed E-state index contributed by atoms with van der Waals surface area (Å²) in [6.45, 7) is 0. The Labute approximate surface area is 134 Å². The molecule has 2 aromatic carbocycles. The number of nitrogen functional groups attached to an aromatic ring is 2. The molecule has 0 heterocycles. The van der Waals surface area contributed by atoms with E-state index in [4.69, 9.17) is 30.8 Å². The van der Waals surface area contributed by atoms with Crippen LogP contribution < -0.4 is 25.7 Å². The molecule has 0 aliphatic heterocycles. The fourth-order valence-corrected chi connectivity index (χ4v) is 1.72. The predicted molar refractivity (Wildman–Crippen MR) is 88.3 cm³/mol. The van der Waals surface area contributed by atoms with Crippen LogP contribution in [0.3, 0.4) is 0 Å². The molecule has 0 fully saturated rings. The van der Waals surface area contributed by atoms with E-state index in [1.54, 1.807) is 32.4 Å². The Morgan fingerprint density at radius 1 is 0.870 bits per heavy atom. The molecule has 0 atom stereocenters. The van der Waals surface area contributed by atoms with Crippen LogP contribution in [0.25, 0.3) is 0 Å². The molecule has 0 aromatic heterocycles. The summed E-state index contributed by atoms with van der Waals surface area (Å²) in [5.74, 6) is 0.846. The number of hydrogen-bond donors (Lipinski definition) is 3. The predicted octanol–water partition coefficient (Wildman–Crippen LogP) is 2.26. The standard InChI is InChI=1S/C8H9NO3.C8H11NO2/c1-12-7-3-2-5(8(10)11)4-6(7)9;1-10-7-4-3-6(9)5-8(7)11-2/h2-4H,9H2,1H3,(H,10,11);3-5H,9H2,1-2H3. The first-order valence-electron chi connectivity index (χ1n) is 6.57. The van der Waals surface area contributed by atoms with Crippen molar-refractivity contribution in [2.24, 2.45) is 0 Å². The van der Waals surface area contributed by atoms with Gasteiger partial charge in [-0.3, -0.25) is 0 Å². The molecule has 0 spiro atoms. The van der Waals surface area contributed by atoms with E-state index in [2.05, 4.69) is 0 Å². The molecule has 2 rings (SSSR count). The summed E-state index contributed by atoms with van der Waals surface area (Å²) < 4.78 is 14.9. The molecule has 0 amide bonds. The number of rotatable bonds is 4. The highest BCUT2D eigenvalue weighted by Gasteiger charge is 2.05. The van der Waals surface area contributed by atoms with Crippen LogP contribution in [0.5, 0.6) is 17.2 Å². The number of carboxylic acid groups (broad SMARTS) is 1. The van der Waals surface area contributed by atoms with Crippen LogP contribution in [0, 0.1) is 0 Å². The van der Waals surface area contributed by atoms with Gasteiger partial charge in [-0.05, 0) is 30.3 Å². The third-order valence-corrected chi connectivity index (χ3v) is 2.88. The molecule has 0 radical (unpaired) electrons. The second-order valence-electron chi connectivity index (χ2n) is 4.38. The van der Waals surface area contributed by atoms with Crippen molar-refractivity contribution < 1.29 is 24.1 Å². The summed E-state index contributed by atoms with van der Waals surface area (Å²) in [5, 5.41) is 8.58. The molecule has 7 nitrogen and oxygen atoms in total. The lowest BCUT2D eigenvalue weighted by molar-refractivity contribution is 0.0697. The van der Waals surface area contributed by atoms with Gasteiger partial charge in [0.15, 0.2) is 11.5 Å². The lowest BCUT2D eigenvalue weighted by Gasteiger charge is -2.06. The highest BCUT2D eigenvalue weighted by atomic mass is 16.5. The number of aromatic carboxylic acids is 1. The molecule has 5 N–H and O–H groups in total. The number of benzene rings is 2. The summed E-state index contributed by atoms with van der Waals surface area (Å²) in [7, 11) is 4.65. The first kappa shape index (κ1) is 18.0. The van der Waals surface area contributed by atoms with Gasteiger partial charge in [0, 0.05) is 11.8 Å². The fraction of sp³-hybridized carbons (Fsp3) is 0.188. The molecule has 0 unspecified atom stereocenters. The third-order valence-electron chi connectivity index (χ3n) is 2.88. The summed E-state index contributed by atoms with van der Waals surface area (Å²) in [6.07, 6.45) is 0. The molecule has 0 saturated heterocycles. The minimum atomic E-state index is -0.996. The molecule has 7 heteroatoms. The highest BCUT2D eigenvalue weighted by molar-refractivity contribution is 5.89. The molecular weight excluding hydrogens is 300 g/mol. The topological polar surface area (TPSA) is 117 Å². The van der Waals surface area contributed by atoms with Gasteiger partial charge in [-0.25, -0.2) is 4.79 Å². The van der Waals surface area contributed by atoms with Crippen molar-refractivity contribution in [2.45, 2.75) is 0 Å². The van der Waals surface area contributed by atoms with Crippen LogP contribution in [0.2, 0.25) is 0 Å². The Morgan fingerprint density at radius 2 is 1.43 bits per heavy atom. The number of anilines is 2. The smallest absolute Gasteiger partial charge is 0.335 e. The van der Waals surface area contributed by atoms with Crippen molar-refractivity contribution in [2.75, 3.05) is 32.8 Å². The maximum absolute atomic E-state index is 10.5. The molecule has 124 valence electrons. The normalized spacial score (nSPS) is 9.35. The summed E-state index contributed by atoms with van der Waals surface area (Å²) in [5.41, 5.74) is 12.2. The van der Waals surface area contributed by atoms with E-state index < -0.39 is 5.97 Å². The van der Waals surface area contributed by atoms with Gasteiger partial charge in [0.05, 0.1) is 32.6 Å². The van der Waals surface area contributed by atoms with Crippen molar-refractivity contribution in [3.8, 4) is 17.2 Å². The van der Waals surface area contributed by atoms with Gasteiger partial charge < -0.3 is 30.8 Å². The first-order chi connectivity index (χ1) is 10.9. The number of carbonyl (C=O) groups is 1. The SMILES string of the molecule is COc1ccc(C(=O)O)cc1N.COc1ccc(N)cc1OC. The average molecular weight is 320 g/mol. The quantitative estimate of drug-likeness (QED) is 0.740. The molecule has 23 heavy (non-hydrogen) atoms. The van der Waals surface area contributed by atoms with E-state index in [0.717, 1.165) is 0 Å². The zero-order valence-corrected chi connectivity index (χ0v) is 13.2. The van der Waals surface area contributed by atoms with E-state index in [-0.39, 0.29) is 5.56 Å². The minimum absolute atomic E-state index is 0.160. The van der Waals surface area contributed by atoms with Crippen molar-refractivity contribution >= 4 is 17.3 Å². The van der Waals surface area contributed by atoms with Crippen LogP contribution in [-0.4, -0.2) is 32.4 Å². The van der Waals surface area contributed by atoms with Crippen molar-refractivity contribution in [3.05, 3.63) is 42.0 Å². The van der Waals surface area contributed by atoms with Crippen molar-refractivity contribution in [1.82, 2.24) is 0 Å². The van der Waals surface area contributed by atoms with Gasteiger partial charge in [0.25, 0.3) is 0 Å². The summed E-state index contributed by atoms with van der Waals surface area (Å²) >= 11 is 0. The van der Waals surface area contributed by atoms with Crippen LogP contribution in [0.1, 0.15) is 10.4 Å². The number of nitrogens with two attached hydrogens (primary N) is 2.